The van der Waals surface area contributed by atoms with Gasteiger partial charge in [0.15, 0.2) is 0 Å². The number of nitrogens with one attached hydrogen (secondary N) is 1. The van der Waals surface area contributed by atoms with Gasteiger partial charge in [0.25, 0.3) is 5.56 Å². The first-order chi connectivity index (χ1) is 11.0. The van der Waals surface area contributed by atoms with Crippen LogP contribution in [0, 0.1) is 5.92 Å². The average Bonchev–Trinajstić information content (AvgIpc) is 2.50. The number of hydrogen-bond acceptors (Lipinski definition) is 4. The van der Waals surface area contributed by atoms with E-state index in [0.29, 0.717) is 16.8 Å². The number of carbonyl (C=O) groups is 1. The van der Waals surface area contributed by atoms with Crippen molar-refractivity contribution in [2.24, 2.45) is 5.92 Å². The summed E-state index contributed by atoms with van der Waals surface area (Å²) in [6.07, 6.45) is 3.16. The summed E-state index contributed by atoms with van der Waals surface area (Å²) in [5.74, 6) is 0.457. The van der Waals surface area contributed by atoms with Gasteiger partial charge in [-0.15, -0.1) is 5.10 Å². The van der Waals surface area contributed by atoms with Gasteiger partial charge >= 0.3 is 0 Å². The molecule has 0 bridgehead atoms. The summed E-state index contributed by atoms with van der Waals surface area (Å²) in [5.41, 5.74) is 0.245. The Morgan fingerprint density at radius 2 is 1.96 bits per heavy atom. The summed E-state index contributed by atoms with van der Waals surface area (Å²) in [7, 11) is 0. The zero-order valence-corrected chi connectivity index (χ0v) is 14.0. The first-order valence-electron chi connectivity index (χ1n) is 8.09. The minimum absolute atomic E-state index is 0.0883. The van der Waals surface area contributed by atoms with Gasteiger partial charge < -0.3 is 5.32 Å². The van der Waals surface area contributed by atoms with Crippen molar-refractivity contribution in [1.29, 1.82) is 0 Å². The molecule has 6 heteroatoms. The Kier molecular flexibility index (Phi) is 5.84. The molecular formula is C17H24N4O2. The average molecular weight is 316 g/mol. The van der Waals surface area contributed by atoms with E-state index in [-0.39, 0.29) is 24.1 Å². The number of fused-ring (bicyclic) bond motifs is 1. The summed E-state index contributed by atoms with van der Waals surface area (Å²) >= 11 is 0. The molecule has 1 aromatic heterocycles. The zero-order chi connectivity index (χ0) is 16.8. The van der Waals surface area contributed by atoms with Crippen LogP contribution in [-0.2, 0) is 11.3 Å². The van der Waals surface area contributed by atoms with Crippen LogP contribution < -0.4 is 10.9 Å². The molecule has 124 valence electrons. The highest BCUT2D eigenvalue weighted by molar-refractivity contribution is 5.78. The van der Waals surface area contributed by atoms with Gasteiger partial charge in [0.1, 0.15) is 12.1 Å². The summed E-state index contributed by atoms with van der Waals surface area (Å²) in [5, 5.41) is 11.2. The van der Waals surface area contributed by atoms with Crippen LogP contribution in [0.15, 0.2) is 29.1 Å². The van der Waals surface area contributed by atoms with Crippen LogP contribution in [0.25, 0.3) is 10.9 Å². The lowest BCUT2D eigenvalue weighted by Crippen LogP contribution is -2.38. The van der Waals surface area contributed by atoms with E-state index in [1.54, 1.807) is 24.3 Å². The van der Waals surface area contributed by atoms with Gasteiger partial charge in [0.05, 0.1) is 5.39 Å². The monoisotopic (exact) mass is 316 g/mol. The van der Waals surface area contributed by atoms with Crippen LogP contribution in [0.5, 0.6) is 0 Å². The topological polar surface area (TPSA) is 76.9 Å². The minimum atomic E-state index is -0.293. The van der Waals surface area contributed by atoms with E-state index in [9.17, 15) is 9.59 Å². The van der Waals surface area contributed by atoms with Crippen LogP contribution in [0.1, 0.15) is 40.0 Å². The molecule has 0 aliphatic carbocycles. The van der Waals surface area contributed by atoms with Crippen molar-refractivity contribution in [3.63, 3.8) is 0 Å². The van der Waals surface area contributed by atoms with E-state index in [2.05, 4.69) is 29.5 Å². The molecule has 0 unspecified atom stereocenters. The predicted molar refractivity (Wildman–Crippen MR) is 90.1 cm³/mol. The van der Waals surface area contributed by atoms with E-state index in [1.807, 2.05) is 6.92 Å². The molecule has 2 aromatic rings. The highest BCUT2D eigenvalue weighted by Gasteiger charge is 2.11. The lowest BCUT2D eigenvalue weighted by molar-refractivity contribution is -0.122. The van der Waals surface area contributed by atoms with E-state index in [0.717, 1.165) is 23.9 Å². The van der Waals surface area contributed by atoms with Crippen molar-refractivity contribution < 1.29 is 4.79 Å². The maximum atomic E-state index is 12.3. The summed E-state index contributed by atoms with van der Waals surface area (Å²) in [4.78, 5) is 24.3. The SMILES string of the molecule is CC(C)CCC[C@@H](C)NC(=O)Cn1nnc2ccccc2c1=O. The van der Waals surface area contributed by atoms with Crippen LogP contribution in [0.4, 0.5) is 0 Å². The van der Waals surface area contributed by atoms with Crippen LogP contribution in [0.3, 0.4) is 0 Å². The molecule has 0 saturated carbocycles. The fourth-order valence-electron chi connectivity index (χ4n) is 2.49. The lowest BCUT2D eigenvalue weighted by atomic mass is 10.0. The molecule has 0 spiro atoms. The smallest absolute Gasteiger partial charge is 0.278 e. The van der Waals surface area contributed by atoms with Gasteiger partial charge in [0, 0.05) is 6.04 Å². The van der Waals surface area contributed by atoms with Gasteiger partial charge in [-0.05, 0) is 31.4 Å². The maximum Gasteiger partial charge on any atom is 0.278 e. The van der Waals surface area contributed by atoms with Crippen molar-refractivity contribution in [1.82, 2.24) is 20.3 Å². The molecule has 0 radical (unpaired) electrons. The lowest BCUT2D eigenvalue weighted by Gasteiger charge is -2.14. The Hall–Kier alpha value is -2.24. The highest BCUT2D eigenvalue weighted by atomic mass is 16.2. The number of aromatic nitrogens is 3. The van der Waals surface area contributed by atoms with Crippen molar-refractivity contribution in [2.75, 3.05) is 0 Å². The molecule has 23 heavy (non-hydrogen) atoms. The Morgan fingerprint density at radius 3 is 2.70 bits per heavy atom. The number of amides is 1. The third kappa shape index (κ3) is 4.87. The number of hydrogen-bond donors (Lipinski definition) is 1. The van der Waals surface area contributed by atoms with Gasteiger partial charge in [-0.25, -0.2) is 4.68 Å². The fourth-order valence-corrected chi connectivity index (χ4v) is 2.49. The molecule has 0 fully saturated rings. The van der Waals surface area contributed by atoms with Gasteiger partial charge in [-0.3, -0.25) is 9.59 Å². The largest absolute Gasteiger partial charge is 0.352 e. The Bertz CT molecular complexity index is 724. The predicted octanol–water partition coefficient (Wildman–Crippen LogP) is 2.12. The van der Waals surface area contributed by atoms with Gasteiger partial charge in [0.2, 0.25) is 5.91 Å². The molecule has 0 aliphatic heterocycles. The molecule has 0 saturated heterocycles. The zero-order valence-electron chi connectivity index (χ0n) is 14.0. The molecule has 2 rings (SSSR count). The van der Waals surface area contributed by atoms with Gasteiger partial charge in [-0.2, -0.15) is 0 Å². The fraction of sp³-hybridized carbons (Fsp3) is 0.529. The van der Waals surface area contributed by atoms with Crippen LogP contribution in [-0.4, -0.2) is 26.9 Å². The summed E-state index contributed by atoms with van der Waals surface area (Å²) < 4.78 is 1.11. The minimum Gasteiger partial charge on any atom is -0.352 e. The third-order valence-electron chi connectivity index (χ3n) is 3.75. The summed E-state index contributed by atoms with van der Waals surface area (Å²) in [6, 6.07) is 7.07. The summed E-state index contributed by atoms with van der Waals surface area (Å²) in [6.45, 7) is 6.25. The van der Waals surface area contributed by atoms with Crippen molar-refractivity contribution >= 4 is 16.8 Å². The normalized spacial score (nSPS) is 12.5. The first kappa shape index (κ1) is 17.1. The molecule has 1 atom stereocenters. The molecule has 1 N–H and O–H groups in total. The quantitative estimate of drug-likeness (QED) is 0.849. The van der Waals surface area contributed by atoms with Gasteiger partial charge in [-0.1, -0.05) is 44.0 Å². The number of benzene rings is 1. The van der Waals surface area contributed by atoms with Crippen molar-refractivity contribution in [3.05, 3.63) is 34.6 Å². The van der Waals surface area contributed by atoms with Crippen molar-refractivity contribution in [3.8, 4) is 0 Å². The standard InChI is InChI=1S/C17H24N4O2/c1-12(2)7-6-8-13(3)18-16(22)11-21-17(23)14-9-4-5-10-15(14)19-20-21/h4-5,9-10,12-13H,6-8,11H2,1-3H3,(H,18,22)/t13-/m1/s1. The Morgan fingerprint density at radius 1 is 1.22 bits per heavy atom. The Labute approximate surface area is 135 Å². The third-order valence-corrected chi connectivity index (χ3v) is 3.75. The molecular weight excluding hydrogens is 292 g/mol. The molecule has 1 aromatic carbocycles. The number of carbonyl (C=O) groups excluding carboxylic acids is 1. The van der Waals surface area contributed by atoms with Crippen molar-refractivity contribution in [2.45, 2.75) is 52.6 Å². The molecule has 6 nitrogen and oxygen atoms in total. The Balaban J connectivity index is 1.95. The molecule has 0 aliphatic rings. The van der Waals surface area contributed by atoms with E-state index in [1.165, 1.54) is 0 Å². The van der Waals surface area contributed by atoms with Crippen LogP contribution >= 0.6 is 0 Å². The second kappa shape index (κ2) is 7.85. The number of rotatable bonds is 7. The number of nitrogens with zero attached hydrogens (tertiary/aromatic N) is 3. The maximum absolute atomic E-state index is 12.3. The van der Waals surface area contributed by atoms with Crippen LogP contribution in [0.2, 0.25) is 0 Å². The van der Waals surface area contributed by atoms with E-state index >= 15 is 0 Å². The van der Waals surface area contributed by atoms with E-state index in [4.69, 9.17) is 0 Å². The van der Waals surface area contributed by atoms with E-state index < -0.39 is 0 Å². The highest BCUT2D eigenvalue weighted by Crippen LogP contribution is 2.08. The molecule has 1 amide bonds. The second-order valence-corrected chi connectivity index (χ2v) is 6.36. The second-order valence-electron chi connectivity index (χ2n) is 6.36. The molecule has 1 heterocycles. The first-order valence-corrected chi connectivity index (χ1v) is 8.09.